The van der Waals surface area contributed by atoms with Gasteiger partial charge >= 0.3 is 0 Å². The van der Waals surface area contributed by atoms with Gasteiger partial charge in [-0.25, -0.2) is 0 Å². The van der Waals surface area contributed by atoms with Gasteiger partial charge in [0, 0.05) is 12.2 Å². The van der Waals surface area contributed by atoms with Crippen molar-refractivity contribution >= 4 is 16.5 Å². The molecule has 2 aromatic carbocycles. The maximum Gasteiger partial charge on any atom is 0.0366 e. The highest BCUT2D eigenvalue weighted by Gasteiger charge is 2.02. The van der Waals surface area contributed by atoms with Gasteiger partial charge in [-0.15, -0.1) is 0 Å². The number of nitrogens with two attached hydrogens (primary N) is 1. The average molecular weight is 228 g/mol. The first-order chi connectivity index (χ1) is 8.16. The number of hydrogen-bond donors (Lipinski definition) is 2. The molecule has 0 aromatic heterocycles. The van der Waals surface area contributed by atoms with Gasteiger partial charge in [-0.1, -0.05) is 38.1 Å². The van der Waals surface area contributed by atoms with Gasteiger partial charge in [0.05, 0.1) is 0 Å². The van der Waals surface area contributed by atoms with Crippen LogP contribution in [0.2, 0.25) is 0 Å². The van der Waals surface area contributed by atoms with Crippen LogP contribution in [-0.4, -0.2) is 6.54 Å². The Balaban J connectivity index is 2.19. The lowest BCUT2D eigenvalue weighted by Gasteiger charge is -2.11. The largest absolute Gasteiger partial charge is 0.398 e. The molecule has 0 atom stereocenters. The van der Waals surface area contributed by atoms with Crippen molar-refractivity contribution in [1.82, 2.24) is 5.32 Å². The molecule has 0 heterocycles. The highest BCUT2D eigenvalue weighted by atomic mass is 14.9. The highest BCUT2D eigenvalue weighted by molar-refractivity contribution is 5.86. The van der Waals surface area contributed by atoms with Crippen molar-refractivity contribution in [3.8, 4) is 0 Å². The van der Waals surface area contributed by atoms with E-state index in [1.807, 2.05) is 6.07 Å². The summed E-state index contributed by atoms with van der Waals surface area (Å²) in [5.41, 5.74) is 8.12. The van der Waals surface area contributed by atoms with E-state index in [1.165, 1.54) is 16.3 Å². The van der Waals surface area contributed by atoms with E-state index < -0.39 is 0 Å². The van der Waals surface area contributed by atoms with Gasteiger partial charge in [-0.2, -0.15) is 0 Å². The molecule has 0 radical (unpaired) electrons. The Kier molecular flexibility index (Phi) is 3.64. The Bertz CT molecular complexity index is 503. The second-order valence-electron chi connectivity index (χ2n) is 4.92. The maximum atomic E-state index is 6.06. The van der Waals surface area contributed by atoms with Gasteiger partial charge in [0.25, 0.3) is 0 Å². The van der Waals surface area contributed by atoms with E-state index in [-0.39, 0.29) is 0 Å². The Labute approximate surface area is 103 Å². The summed E-state index contributed by atoms with van der Waals surface area (Å²) in [5.74, 6) is 0.664. The van der Waals surface area contributed by atoms with Crippen LogP contribution in [0.4, 0.5) is 5.69 Å². The van der Waals surface area contributed by atoms with Crippen LogP contribution in [0, 0.1) is 5.92 Å². The van der Waals surface area contributed by atoms with Crippen LogP contribution < -0.4 is 11.1 Å². The predicted molar refractivity (Wildman–Crippen MR) is 74.9 cm³/mol. The molecule has 0 aliphatic heterocycles. The fourth-order valence-electron chi connectivity index (χ4n) is 1.95. The number of rotatable bonds is 4. The molecule has 0 amide bonds. The Morgan fingerprint density at radius 2 is 1.76 bits per heavy atom. The van der Waals surface area contributed by atoms with Gasteiger partial charge in [-0.05, 0) is 40.9 Å². The summed E-state index contributed by atoms with van der Waals surface area (Å²) >= 11 is 0. The van der Waals surface area contributed by atoms with E-state index in [1.54, 1.807) is 0 Å². The first-order valence-electron chi connectivity index (χ1n) is 6.14. The fraction of sp³-hybridized carbons (Fsp3) is 0.333. The van der Waals surface area contributed by atoms with Crippen LogP contribution in [0.25, 0.3) is 10.8 Å². The average Bonchev–Trinajstić information content (AvgIpc) is 2.29. The van der Waals surface area contributed by atoms with Crippen LogP contribution in [0.5, 0.6) is 0 Å². The van der Waals surface area contributed by atoms with E-state index in [9.17, 15) is 0 Å². The molecule has 17 heavy (non-hydrogen) atoms. The van der Waals surface area contributed by atoms with Crippen LogP contribution in [-0.2, 0) is 6.54 Å². The van der Waals surface area contributed by atoms with Crippen LogP contribution in [0.1, 0.15) is 19.4 Å². The van der Waals surface area contributed by atoms with Gasteiger partial charge in [0.2, 0.25) is 0 Å². The van der Waals surface area contributed by atoms with Crippen LogP contribution >= 0.6 is 0 Å². The highest BCUT2D eigenvalue weighted by Crippen LogP contribution is 2.21. The number of anilines is 1. The third-order valence-electron chi connectivity index (χ3n) is 2.88. The molecule has 0 saturated heterocycles. The topological polar surface area (TPSA) is 38.0 Å². The number of fused-ring (bicyclic) bond motifs is 1. The number of nitrogen functional groups attached to an aromatic ring is 1. The summed E-state index contributed by atoms with van der Waals surface area (Å²) in [6, 6.07) is 12.6. The lowest BCUT2D eigenvalue weighted by Crippen LogP contribution is -2.19. The van der Waals surface area contributed by atoms with Crippen molar-refractivity contribution in [2.75, 3.05) is 12.3 Å². The Morgan fingerprint density at radius 1 is 1.12 bits per heavy atom. The third kappa shape index (κ3) is 2.98. The van der Waals surface area contributed by atoms with Gasteiger partial charge in [0.15, 0.2) is 0 Å². The molecule has 0 spiro atoms. The smallest absolute Gasteiger partial charge is 0.0366 e. The second-order valence-corrected chi connectivity index (χ2v) is 4.92. The minimum atomic E-state index is 0.664. The van der Waals surface area contributed by atoms with Gasteiger partial charge < -0.3 is 11.1 Å². The third-order valence-corrected chi connectivity index (χ3v) is 2.88. The molecule has 0 unspecified atom stereocenters. The summed E-state index contributed by atoms with van der Waals surface area (Å²) in [7, 11) is 0. The van der Waals surface area contributed by atoms with Crippen molar-refractivity contribution in [2.24, 2.45) is 5.92 Å². The van der Waals surface area contributed by atoms with Crippen molar-refractivity contribution in [3.63, 3.8) is 0 Å². The Morgan fingerprint density at radius 3 is 2.41 bits per heavy atom. The lowest BCUT2D eigenvalue weighted by atomic mass is 10.0. The molecule has 0 aliphatic rings. The Hall–Kier alpha value is -1.54. The molecule has 0 aliphatic carbocycles. The van der Waals surface area contributed by atoms with Gasteiger partial charge in [-0.3, -0.25) is 0 Å². The fourth-order valence-corrected chi connectivity index (χ4v) is 1.95. The molecule has 2 rings (SSSR count). The molecule has 3 N–H and O–H groups in total. The summed E-state index contributed by atoms with van der Waals surface area (Å²) < 4.78 is 0. The lowest BCUT2D eigenvalue weighted by molar-refractivity contribution is 0.553. The number of hydrogen-bond acceptors (Lipinski definition) is 2. The molecule has 90 valence electrons. The van der Waals surface area contributed by atoms with Gasteiger partial charge in [0.1, 0.15) is 0 Å². The second kappa shape index (κ2) is 5.19. The first kappa shape index (κ1) is 11.9. The molecule has 2 nitrogen and oxygen atoms in total. The monoisotopic (exact) mass is 228 g/mol. The van der Waals surface area contributed by atoms with E-state index in [0.717, 1.165) is 18.8 Å². The van der Waals surface area contributed by atoms with E-state index in [4.69, 9.17) is 5.73 Å². The number of benzene rings is 2. The molecule has 0 saturated carbocycles. The van der Waals surface area contributed by atoms with E-state index in [2.05, 4.69) is 49.5 Å². The summed E-state index contributed by atoms with van der Waals surface area (Å²) in [6.45, 7) is 6.27. The maximum absolute atomic E-state index is 6.06. The minimum Gasteiger partial charge on any atom is -0.398 e. The minimum absolute atomic E-state index is 0.664. The zero-order valence-corrected chi connectivity index (χ0v) is 10.5. The molecule has 0 bridgehead atoms. The standard InChI is InChI=1S/C15H20N2/c1-11(2)9-17-10-14-7-12-5-3-4-6-13(12)8-15(14)16/h3-8,11,17H,9-10,16H2,1-2H3. The first-order valence-corrected chi connectivity index (χ1v) is 6.14. The molecule has 0 fully saturated rings. The van der Waals surface area contributed by atoms with Crippen molar-refractivity contribution in [1.29, 1.82) is 0 Å². The van der Waals surface area contributed by atoms with Crippen molar-refractivity contribution in [3.05, 3.63) is 42.0 Å². The quantitative estimate of drug-likeness (QED) is 0.789. The van der Waals surface area contributed by atoms with Crippen molar-refractivity contribution in [2.45, 2.75) is 20.4 Å². The zero-order valence-electron chi connectivity index (χ0n) is 10.5. The van der Waals surface area contributed by atoms with Crippen LogP contribution in [0.15, 0.2) is 36.4 Å². The van der Waals surface area contributed by atoms with Crippen molar-refractivity contribution < 1.29 is 0 Å². The summed E-state index contributed by atoms with van der Waals surface area (Å²) in [6.07, 6.45) is 0. The predicted octanol–water partition coefficient (Wildman–Crippen LogP) is 3.17. The molecular formula is C15H20N2. The SMILES string of the molecule is CC(C)CNCc1cc2ccccc2cc1N. The molecular weight excluding hydrogens is 208 g/mol. The van der Waals surface area contributed by atoms with E-state index >= 15 is 0 Å². The molecule has 2 aromatic rings. The molecule has 2 heteroatoms. The summed E-state index contributed by atoms with van der Waals surface area (Å²) in [4.78, 5) is 0. The zero-order chi connectivity index (χ0) is 12.3. The van der Waals surface area contributed by atoms with E-state index in [0.29, 0.717) is 5.92 Å². The summed E-state index contributed by atoms with van der Waals surface area (Å²) in [5, 5.41) is 5.89. The normalized spacial score (nSPS) is 11.2. The van der Waals surface area contributed by atoms with Crippen LogP contribution in [0.3, 0.4) is 0 Å². The number of nitrogens with one attached hydrogen (secondary N) is 1.